The summed E-state index contributed by atoms with van der Waals surface area (Å²) in [5.41, 5.74) is 2.82. The monoisotopic (exact) mass is 527 g/mol. The predicted octanol–water partition coefficient (Wildman–Crippen LogP) is 6.19. The van der Waals surface area contributed by atoms with Crippen molar-refractivity contribution in [2.24, 2.45) is 17.8 Å². The molecule has 0 aromatic heterocycles. The molecule has 0 atom stereocenters. The van der Waals surface area contributed by atoms with Crippen LogP contribution in [0.25, 0.3) is 0 Å². The molecule has 31 heavy (non-hydrogen) atoms. The minimum absolute atomic E-state index is 0.155. The van der Waals surface area contributed by atoms with Gasteiger partial charge in [0.15, 0.2) is 0 Å². The fraction of sp³-hybridized carbons (Fsp3) is 0.538. The van der Waals surface area contributed by atoms with E-state index >= 15 is 0 Å². The van der Waals surface area contributed by atoms with Gasteiger partial charge in [-0.2, -0.15) is 0 Å². The van der Waals surface area contributed by atoms with Gasteiger partial charge in [0.1, 0.15) is 0 Å². The molecule has 6 rings (SSSR count). The van der Waals surface area contributed by atoms with Crippen LogP contribution >= 0.6 is 0 Å². The van der Waals surface area contributed by atoms with Gasteiger partial charge in [0, 0.05) is 0 Å². The fourth-order valence-corrected chi connectivity index (χ4v) is 11.3. The van der Waals surface area contributed by atoms with E-state index in [4.69, 9.17) is 4.74 Å². The maximum absolute atomic E-state index is 12.0. The summed E-state index contributed by atoms with van der Waals surface area (Å²) in [7, 11) is 0. The number of nitro benzene ring substituents is 1. The van der Waals surface area contributed by atoms with Crippen LogP contribution in [0, 0.1) is 27.9 Å². The summed E-state index contributed by atoms with van der Waals surface area (Å²) in [5, 5.41) is 12.0. The minimum atomic E-state index is -2.71. The van der Waals surface area contributed by atoms with Gasteiger partial charge >= 0.3 is 190 Å². The average Bonchev–Trinajstić information content (AvgIpc) is 2.70. The summed E-state index contributed by atoms with van der Waals surface area (Å²) in [6.07, 6.45) is 7.86. The second kappa shape index (κ2) is 7.79. The van der Waals surface area contributed by atoms with Crippen molar-refractivity contribution in [1.29, 1.82) is 0 Å². The van der Waals surface area contributed by atoms with Gasteiger partial charge in [0.25, 0.3) is 0 Å². The molecular weight excluding hydrogens is 493 g/mol. The molecule has 4 saturated carbocycles. The summed E-state index contributed by atoms with van der Waals surface area (Å²) in [6.45, 7) is 0.454. The molecule has 0 N–H and O–H groups in total. The Morgan fingerprint density at radius 1 is 1.00 bits per heavy atom. The zero-order chi connectivity index (χ0) is 21.8. The molecule has 0 radical (unpaired) electrons. The van der Waals surface area contributed by atoms with E-state index in [-0.39, 0.29) is 16.0 Å². The third kappa shape index (κ3) is 4.01. The Morgan fingerprint density at radius 3 is 2.10 bits per heavy atom. The summed E-state index contributed by atoms with van der Waals surface area (Å²) >= 11 is -2.71. The van der Waals surface area contributed by atoms with Crippen LogP contribution in [-0.2, 0) is 12.0 Å². The quantitative estimate of drug-likeness (QED) is 0.257. The third-order valence-electron chi connectivity index (χ3n) is 7.95. The van der Waals surface area contributed by atoms with Crippen molar-refractivity contribution in [3.8, 4) is 5.75 Å². The van der Waals surface area contributed by atoms with Gasteiger partial charge in [0.2, 0.25) is 0 Å². The number of nitrogens with zero attached hydrogens (tertiary/aromatic N) is 1. The Morgan fingerprint density at radius 2 is 1.58 bits per heavy atom. The molecule has 4 aliphatic carbocycles. The van der Waals surface area contributed by atoms with E-state index in [9.17, 15) is 10.1 Å². The Labute approximate surface area is 189 Å². The molecule has 2 aromatic carbocycles. The van der Waals surface area contributed by atoms with Crippen molar-refractivity contribution in [3.63, 3.8) is 0 Å². The number of nitro groups is 1. The summed E-state index contributed by atoms with van der Waals surface area (Å²) < 4.78 is 7.43. The molecule has 0 aliphatic heterocycles. The van der Waals surface area contributed by atoms with Crippen LogP contribution in [0.5, 0.6) is 5.75 Å². The van der Waals surface area contributed by atoms with Gasteiger partial charge in [-0.1, -0.05) is 0 Å². The second-order valence-corrected chi connectivity index (χ2v) is 25.7. The molecule has 0 saturated heterocycles. The standard InChI is InChI=1S/C23H24NO3.3CH3.Sn/c25-24(26)20-6-7-21(22(11-20)27-15-16-4-2-1-3-5-16)23-12-17-8-18(13-23)10-19(9-17)14-23;;;;/h1-5,7,11,17-19H,8-10,12-15H2;3*1H3;. The van der Waals surface area contributed by atoms with Crippen LogP contribution in [0.3, 0.4) is 0 Å². The van der Waals surface area contributed by atoms with E-state index < -0.39 is 18.4 Å². The van der Waals surface area contributed by atoms with Crippen molar-refractivity contribution >= 4 is 27.6 Å². The maximum atomic E-state index is 12.0. The molecule has 4 fully saturated rings. The zero-order valence-corrected chi connectivity index (χ0v) is 21.7. The van der Waals surface area contributed by atoms with E-state index in [1.54, 1.807) is 6.07 Å². The molecule has 164 valence electrons. The van der Waals surface area contributed by atoms with Gasteiger partial charge < -0.3 is 0 Å². The van der Waals surface area contributed by atoms with E-state index in [1.807, 2.05) is 18.2 Å². The first-order chi connectivity index (χ1) is 14.7. The number of ether oxygens (including phenoxy) is 1. The number of benzene rings is 2. The van der Waals surface area contributed by atoms with E-state index in [0.717, 1.165) is 32.6 Å². The molecule has 4 aliphatic rings. The number of hydrogen-bond acceptors (Lipinski definition) is 3. The third-order valence-corrected chi connectivity index (χ3v) is 13.7. The van der Waals surface area contributed by atoms with Gasteiger partial charge in [-0.05, 0) is 0 Å². The van der Waals surface area contributed by atoms with Crippen molar-refractivity contribution in [1.82, 2.24) is 0 Å². The van der Waals surface area contributed by atoms with Crippen LogP contribution in [0.4, 0.5) is 5.69 Å². The summed E-state index contributed by atoms with van der Waals surface area (Å²) in [4.78, 5) is 18.7. The van der Waals surface area contributed by atoms with Crippen molar-refractivity contribution < 1.29 is 9.66 Å². The van der Waals surface area contributed by atoms with Crippen LogP contribution < -0.4 is 8.32 Å². The Balaban J connectivity index is 1.61. The average molecular weight is 526 g/mol. The van der Waals surface area contributed by atoms with E-state index in [1.165, 1.54) is 44.1 Å². The van der Waals surface area contributed by atoms with E-state index in [0.29, 0.717) is 6.61 Å². The van der Waals surface area contributed by atoms with Crippen LogP contribution in [-0.4, -0.2) is 23.3 Å². The van der Waals surface area contributed by atoms with Crippen molar-refractivity contribution in [2.45, 2.75) is 65.4 Å². The Hall–Kier alpha value is -1.56. The van der Waals surface area contributed by atoms with Crippen LogP contribution in [0.15, 0.2) is 42.5 Å². The van der Waals surface area contributed by atoms with E-state index in [2.05, 4.69) is 33.0 Å². The molecule has 4 bridgehead atoms. The number of hydrogen-bond donors (Lipinski definition) is 0. The van der Waals surface area contributed by atoms with Crippen LogP contribution in [0.1, 0.15) is 49.7 Å². The van der Waals surface area contributed by atoms with Crippen LogP contribution in [0.2, 0.25) is 14.8 Å². The first-order valence-electron chi connectivity index (χ1n) is 11.7. The SMILES string of the molecule is [CH3][Sn]([CH3])([CH3])[c]1cc(C23CC4CC(CC(C4)C2)C3)c(OCc2ccccc2)cc1[N+](=O)[O-]. The first-order valence-corrected chi connectivity index (χ1v) is 21.7. The molecule has 0 heterocycles. The van der Waals surface area contributed by atoms with Gasteiger partial charge in [-0.3, -0.25) is 0 Å². The molecule has 5 heteroatoms. The molecular formula is C26H33NO3Sn. The second-order valence-electron chi connectivity index (χ2n) is 11.3. The molecule has 4 nitrogen and oxygen atoms in total. The molecule has 0 amide bonds. The topological polar surface area (TPSA) is 52.4 Å². The normalized spacial score (nSPS) is 29.2. The summed E-state index contributed by atoms with van der Waals surface area (Å²) in [6, 6.07) is 14.2. The Bertz CT molecular complexity index is 960. The zero-order valence-electron chi connectivity index (χ0n) is 18.9. The Kier molecular flexibility index (Phi) is 5.35. The van der Waals surface area contributed by atoms with Gasteiger partial charge in [0.05, 0.1) is 0 Å². The number of rotatable bonds is 6. The fourth-order valence-electron chi connectivity index (χ4n) is 7.03. The van der Waals surface area contributed by atoms with Gasteiger partial charge in [-0.25, -0.2) is 0 Å². The molecule has 2 aromatic rings. The summed E-state index contributed by atoms with van der Waals surface area (Å²) in [5.74, 6) is 3.23. The van der Waals surface area contributed by atoms with Crippen molar-refractivity contribution in [3.05, 3.63) is 63.7 Å². The first kappa shape index (κ1) is 21.3. The van der Waals surface area contributed by atoms with Crippen molar-refractivity contribution in [2.75, 3.05) is 0 Å². The van der Waals surface area contributed by atoms with Gasteiger partial charge in [-0.15, -0.1) is 0 Å². The molecule has 0 spiro atoms. The predicted molar refractivity (Wildman–Crippen MR) is 127 cm³/mol. The molecule has 0 unspecified atom stereocenters.